The van der Waals surface area contributed by atoms with Crippen LogP contribution in [0.3, 0.4) is 0 Å². The second-order valence-corrected chi connectivity index (χ2v) is 5.61. The van der Waals surface area contributed by atoms with Crippen LogP contribution in [0.1, 0.15) is 51.6 Å². The summed E-state index contributed by atoms with van der Waals surface area (Å²) in [6.07, 6.45) is 7.54. The first-order valence-electron chi connectivity index (χ1n) is 7.65. The van der Waals surface area contributed by atoms with E-state index in [0.717, 1.165) is 13.1 Å². The van der Waals surface area contributed by atoms with E-state index in [1.165, 1.54) is 24.8 Å². The molecule has 3 nitrogen and oxygen atoms in total. The van der Waals surface area contributed by atoms with E-state index in [9.17, 15) is 0 Å². The molecule has 3 atom stereocenters. The van der Waals surface area contributed by atoms with Crippen molar-refractivity contribution in [2.75, 3.05) is 13.1 Å². The predicted molar refractivity (Wildman–Crippen MR) is 80.1 cm³/mol. The Morgan fingerprint density at radius 2 is 2.11 bits per heavy atom. The van der Waals surface area contributed by atoms with Crippen LogP contribution in [0.15, 0.2) is 24.5 Å². The highest BCUT2D eigenvalue weighted by Gasteiger charge is 2.30. The molecular formula is C16H27N3. The number of hydrogen-bond acceptors (Lipinski definition) is 3. The van der Waals surface area contributed by atoms with E-state index in [0.29, 0.717) is 18.1 Å². The van der Waals surface area contributed by atoms with Crippen molar-refractivity contribution < 1.29 is 0 Å². The Labute approximate surface area is 117 Å². The Morgan fingerprint density at radius 3 is 2.74 bits per heavy atom. The number of nitrogens with zero attached hydrogens (tertiary/aromatic N) is 2. The molecule has 1 aliphatic rings. The standard InChI is InChI=1S/C16H27N3/c1-4-6-15-12-19(16(5-2)11-18-15)13(3)14-7-9-17-10-8-14/h7-10,13,15-16,18H,4-6,11-12H2,1-3H3. The molecule has 0 bridgehead atoms. The van der Waals surface area contributed by atoms with Crippen molar-refractivity contribution >= 4 is 0 Å². The molecule has 0 saturated carbocycles. The molecule has 0 spiro atoms. The van der Waals surface area contributed by atoms with Gasteiger partial charge in [0.2, 0.25) is 0 Å². The van der Waals surface area contributed by atoms with Gasteiger partial charge in [0.15, 0.2) is 0 Å². The third-order valence-electron chi connectivity index (χ3n) is 4.34. The Kier molecular flexibility index (Phi) is 5.34. The summed E-state index contributed by atoms with van der Waals surface area (Å²) in [7, 11) is 0. The largest absolute Gasteiger partial charge is 0.311 e. The highest BCUT2D eigenvalue weighted by atomic mass is 15.2. The third-order valence-corrected chi connectivity index (χ3v) is 4.34. The molecule has 1 aliphatic heterocycles. The van der Waals surface area contributed by atoms with Gasteiger partial charge in [0, 0.05) is 43.6 Å². The fraction of sp³-hybridized carbons (Fsp3) is 0.688. The maximum Gasteiger partial charge on any atom is 0.0325 e. The molecule has 2 rings (SSSR count). The van der Waals surface area contributed by atoms with Gasteiger partial charge in [0.25, 0.3) is 0 Å². The fourth-order valence-electron chi connectivity index (χ4n) is 3.12. The minimum atomic E-state index is 0.481. The van der Waals surface area contributed by atoms with Gasteiger partial charge < -0.3 is 5.32 Å². The number of hydrogen-bond donors (Lipinski definition) is 1. The fourth-order valence-corrected chi connectivity index (χ4v) is 3.12. The number of piperazine rings is 1. The zero-order valence-electron chi connectivity index (χ0n) is 12.5. The van der Waals surface area contributed by atoms with Crippen LogP contribution in [0.25, 0.3) is 0 Å². The number of nitrogens with one attached hydrogen (secondary N) is 1. The zero-order valence-corrected chi connectivity index (χ0v) is 12.5. The molecule has 0 radical (unpaired) electrons. The first kappa shape index (κ1) is 14.5. The van der Waals surface area contributed by atoms with Crippen molar-refractivity contribution in [3.8, 4) is 0 Å². The van der Waals surface area contributed by atoms with Crippen LogP contribution >= 0.6 is 0 Å². The van der Waals surface area contributed by atoms with Crippen molar-refractivity contribution in [2.24, 2.45) is 0 Å². The Bertz CT molecular complexity index is 366. The van der Waals surface area contributed by atoms with E-state index < -0.39 is 0 Å². The summed E-state index contributed by atoms with van der Waals surface area (Å²) < 4.78 is 0. The van der Waals surface area contributed by atoms with Crippen LogP contribution in [0.4, 0.5) is 0 Å². The van der Waals surface area contributed by atoms with Gasteiger partial charge >= 0.3 is 0 Å². The van der Waals surface area contributed by atoms with Crippen LogP contribution in [0, 0.1) is 0 Å². The van der Waals surface area contributed by atoms with Gasteiger partial charge in [-0.2, -0.15) is 0 Å². The van der Waals surface area contributed by atoms with Crippen molar-refractivity contribution in [3.63, 3.8) is 0 Å². The lowest BCUT2D eigenvalue weighted by Gasteiger charge is -2.43. The molecule has 0 aliphatic carbocycles. The van der Waals surface area contributed by atoms with Gasteiger partial charge in [0.05, 0.1) is 0 Å². The molecule has 3 unspecified atom stereocenters. The Balaban J connectivity index is 2.09. The highest BCUT2D eigenvalue weighted by molar-refractivity contribution is 5.15. The lowest BCUT2D eigenvalue weighted by molar-refractivity contribution is 0.0835. The molecule has 106 valence electrons. The van der Waals surface area contributed by atoms with E-state index in [1.54, 1.807) is 0 Å². The van der Waals surface area contributed by atoms with E-state index >= 15 is 0 Å². The normalized spacial score (nSPS) is 26.3. The van der Waals surface area contributed by atoms with Crippen LogP contribution in [0.2, 0.25) is 0 Å². The van der Waals surface area contributed by atoms with Crippen LogP contribution < -0.4 is 5.32 Å². The zero-order chi connectivity index (χ0) is 13.7. The number of rotatable bonds is 5. The van der Waals surface area contributed by atoms with E-state index in [1.807, 2.05) is 12.4 Å². The van der Waals surface area contributed by atoms with Crippen LogP contribution in [-0.2, 0) is 0 Å². The van der Waals surface area contributed by atoms with Crippen LogP contribution in [0.5, 0.6) is 0 Å². The van der Waals surface area contributed by atoms with Crippen LogP contribution in [-0.4, -0.2) is 35.1 Å². The maximum absolute atomic E-state index is 4.13. The van der Waals surface area contributed by atoms with Gasteiger partial charge in [-0.05, 0) is 37.5 Å². The molecule has 1 aromatic heterocycles. The molecule has 0 aromatic carbocycles. The first-order chi connectivity index (χ1) is 9.26. The first-order valence-corrected chi connectivity index (χ1v) is 7.65. The van der Waals surface area contributed by atoms with Gasteiger partial charge in [-0.3, -0.25) is 9.88 Å². The average molecular weight is 261 g/mol. The van der Waals surface area contributed by atoms with E-state index in [-0.39, 0.29) is 0 Å². The highest BCUT2D eigenvalue weighted by Crippen LogP contribution is 2.26. The summed E-state index contributed by atoms with van der Waals surface area (Å²) in [5.74, 6) is 0. The third kappa shape index (κ3) is 3.54. The molecular weight excluding hydrogens is 234 g/mol. The second kappa shape index (κ2) is 7.01. The van der Waals surface area contributed by atoms with Gasteiger partial charge in [-0.15, -0.1) is 0 Å². The molecule has 1 fully saturated rings. The molecule has 2 heterocycles. The lowest BCUT2D eigenvalue weighted by Crippen LogP contribution is -2.56. The predicted octanol–water partition coefficient (Wildman–Crippen LogP) is 3.00. The minimum Gasteiger partial charge on any atom is -0.311 e. The SMILES string of the molecule is CCCC1CN(C(C)c2ccncc2)C(CC)CN1. The van der Waals surface area contributed by atoms with Gasteiger partial charge in [-0.1, -0.05) is 20.3 Å². The summed E-state index contributed by atoms with van der Waals surface area (Å²) in [6, 6.07) is 6.07. The van der Waals surface area contributed by atoms with Crippen molar-refractivity contribution in [1.29, 1.82) is 0 Å². The summed E-state index contributed by atoms with van der Waals surface area (Å²) in [4.78, 5) is 6.80. The molecule has 3 heteroatoms. The summed E-state index contributed by atoms with van der Waals surface area (Å²) in [5, 5.41) is 3.70. The van der Waals surface area contributed by atoms with Gasteiger partial charge in [0.1, 0.15) is 0 Å². The molecule has 0 amide bonds. The van der Waals surface area contributed by atoms with E-state index in [2.05, 4.69) is 48.1 Å². The molecule has 1 aromatic rings. The quantitative estimate of drug-likeness (QED) is 0.883. The smallest absolute Gasteiger partial charge is 0.0325 e. The number of pyridine rings is 1. The summed E-state index contributed by atoms with van der Waals surface area (Å²) in [6.45, 7) is 9.17. The average Bonchev–Trinajstić information content (AvgIpc) is 2.47. The second-order valence-electron chi connectivity index (χ2n) is 5.61. The van der Waals surface area contributed by atoms with E-state index in [4.69, 9.17) is 0 Å². The van der Waals surface area contributed by atoms with Crippen molar-refractivity contribution in [2.45, 2.75) is 58.2 Å². The monoisotopic (exact) mass is 261 g/mol. The van der Waals surface area contributed by atoms with Crippen molar-refractivity contribution in [1.82, 2.24) is 15.2 Å². The summed E-state index contributed by atoms with van der Waals surface area (Å²) >= 11 is 0. The molecule has 1 N–H and O–H groups in total. The maximum atomic E-state index is 4.13. The Hall–Kier alpha value is -0.930. The minimum absolute atomic E-state index is 0.481. The lowest BCUT2D eigenvalue weighted by atomic mass is 9.99. The molecule has 1 saturated heterocycles. The topological polar surface area (TPSA) is 28.2 Å². The number of aromatic nitrogens is 1. The van der Waals surface area contributed by atoms with Gasteiger partial charge in [-0.25, -0.2) is 0 Å². The van der Waals surface area contributed by atoms with Crippen molar-refractivity contribution in [3.05, 3.63) is 30.1 Å². The molecule has 19 heavy (non-hydrogen) atoms. The Morgan fingerprint density at radius 1 is 1.37 bits per heavy atom. The summed E-state index contributed by atoms with van der Waals surface area (Å²) in [5.41, 5.74) is 1.38.